The molecule has 0 saturated carbocycles. The van der Waals surface area contributed by atoms with E-state index in [2.05, 4.69) is 6.92 Å². The first kappa shape index (κ1) is 16.8. The highest BCUT2D eigenvalue weighted by Gasteiger charge is 2.17. The first-order chi connectivity index (χ1) is 9.90. The van der Waals surface area contributed by atoms with E-state index >= 15 is 0 Å². The van der Waals surface area contributed by atoms with Gasteiger partial charge in [0.1, 0.15) is 0 Å². The number of amides is 1. The lowest BCUT2D eigenvalue weighted by molar-refractivity contribution is -0.116. The van der Waals surface area contributed by atoms with Crippen LogP contribution in [0.25, 0.3) is 0 Å². The Morgan fingerprint density at radius 1 is 1.33 bits per heavy atom. The fourth-order valence-electron chi connectivity index (χ4n) is 2.08. The van der Waals surface area contributed by atoms with Crippen LogP contribution in [-0.2, 0) is 9.53 Å². The van der Waals surface area contributed by atoms with Crippen LogP contribution in [0.2, 0.25) is 0 Å². The molecule has 0 aliphatic carbocycles. The minimum Gasteiger partial charge on any atom is -0.465 e. The number of carbonyl (C=O) groups excluding carboxylic acids is 2. The van der Waals surface area contributed by atoms with E-state index in [1.165, 1.54) is 7.11 Å². The number of nitrogen functional groups attached to an aromatic ring is 1. The van der Waals surface area contributed by atoms with Crippen LogP contribution in [0.15, 0.2) is 12.1 Å². The number of hydrogen-bond acceptors (Lipinski definition) is 5. The van der Waals surface area contributed by atoms with Crippen molar-refractivity contribution in [3.8, 4) is 0 Å². The molecule has 0 aliphatic heterocycles. The Bertz CT molecular complexity index is 529. The fourth-order valence-corrected chi connectivity index (χ4v) is 2.08. The van der Waals surface area contributed by atoms with Gasteiger partial charge in [-0.1, -0.05) is 13.3 Å². The molecule has 0 radical (unpaired) electrons. The highest BCUT2D eigenvalue weighted by Crippen LogP contribution is 2.26. The molecule has 6 heteroatoms. The number of anilines is 2. The molecule has 1 aromatic carbocycles. The Morgan fingerprint density at radius 2 is 2.00 bits per heavy atom. The highest BCUT2D eigenvalue weighted by molar-refractivity contribution is 5.97. The standard InChI is InChI=1S/C15H23N3O3/c1-4-5-6-18(9-13(16)19)11-7-10(2)14(17)12(8-11)15(20)21-3/h7-8H,4-6,9,17H2,1-3H3,(H2,16,19). The summed E-state index contributed by atoms with van der Waals surface area (Å²) < 4.78 is 4.74. The van der Waals surface area contributed by atoms with Gasteiger partial charge in [-0.15, -0.1) is 0 Å². The maximum absolute atomic E-state index is 11.8. The molecule has 0 unspecified atom stereocenters. The molecule has 0 aromatic heterocycles. The average molecular weight is 293 g/mol. The largest absolute Gasteiger partial charge is 0.465 e. The number of esters is 1. The number of nitrogens with zero attached hydrogens (tertiary/aromatic N) is 1. The maximum Gasteiger partial charge on any atom is 0.340 e. The van der Waals surface area contributed by atoms with Crippen LogP contribution in [0.4, 0.5) is 11.4 Å². The minimum absolute atomic E-state index is 0.101. The first-order valence-corrected chi connectivity index (χ1v) is 6.92. The second kappa shape index (κ2) is 7.52. The van der Waals surface area contributed by atoms with E-state index in [-0.39, 0.29) is 6.54 Å². The molecule has 0 aliphatic rings. The summed E-state index contributed by atoms with van der Waals surface area (Å²) in [7, 11) is 1.31. The topological polar surface area (TPSA) is 98.6 Å². The third-order valence-corrected chi connectivity index (χ3v) is 3.27. The van der Waals surface area contributed by atoms with E-state index in [4.69, 9.17) is 16.2 Å². The Morgan fingerprint density at radius 3 is 2.52 bits per heavy atom. The third-order valence-electron chi connectivity index (χ3n) is 3.27. The Labute approximate surface area is 125 Å². The summed E-state index contributed by atoms with van der Waals surface area (Å²) in [6.07, 6.45) is 1.91. The monoisotopic (exact) mass is 293 g/mol. The Balaban J connectivity index is 3.21. The predicted molar refractivity (Wildman–Crippen MR) is 83.2 cm³/mol. The zero-order valence-corrected chi connectivity index (χ0v) is 12.8. The highest BCUT2D eigenvalue weighted by atomic mass is 16.5. The minimum atomic E-state index is -0.494. The zero-order valence-electron chi connectivity index (χ0n) is 12.8. The van der Waals surface area contributed by atoms with Gasteiger partial charge in [0, 0.05) is 17.9 Å². The van der Waals surface area contributed by atoms with Gasteiger partial charge >= 0.3 is 5.97 Å². The van der Waals surface area contributed by atoms with Crippen LogP contribution in [0, 0.1) is 6.92 Å². The van der Waals surface area contributed by atoms with Gasteiger partial charge < -0.3 is 21.1 Å². The van der Waals surface area contributed by atoms with Crippen molar-refractivity contribution in [1.29, 1.82) is 0 Å². The van der Waals surface area contributed by atoms with Crippen molar-refractivity contribution in [2.24, 2.45) is 5.73 Å². The van der Waals surface area contributed by atoms with Crippen LogP contribution in [0.1, 0.15) is 35.7 Å². The van der Waals surface area contributed by atoms with Crippen molar-refractivity contribution in [2.45, 2.75) is 26.7 Å². The van der Waals surface area contributed by atoms with Crippen LogP contribution in [0.3, 0.4) is 0 Å². The molecule has 0 spiro atoms. The third kappa shape index (κ3) is 4.37. The van der Waals surface area contributed by atoms with Crippen LogP contribution in [-0.4, -0.2) is 32.1 Å². The van der Waals surface area contributed by atoms with Crippen molar-refractivity contribution in [2.75, 3.05) is 30.8 Å². The van der Waals surface area contributed by atoms with E-state index in [9.17, 15) is 9.59 Å². The Kier molecular flexibility index (Phi) is 6.02. The molecule has 0 fully saturated rings. The number of carbonyl (C=O) groups is 2. The van der Waals surface area contributed by atoms with Crippen molar-refractivity contribution in [3.63, 3.8) is 0 Å². The molecule has 21 heavy (non-hydrogen) atoms. The molecule has 6 nitrogen and oxygen atoms in total. The summed E-state index contributed by atoms with van der Waals surface area (Å²) in [5.74, 6) is -0.910. The molecule has 0 bridgehead atoms. The molecule has 0 heterocycles. The van der Waals surface area contributed by atoms with E-state index < -0.39 is 11.9 Å². The van der Waals surface area contributed by atoms with Gasteiger partial charge in [-0.3, -0.25) is 4.79 Å². The molecule has 0 saturated heterocycles. The number of primary amides is 1. The lowest BCUT2D eigenvalue weighted by Gasteiger charge is -2.24. The number of rotatable bonds is 7. The molecule has 1 rings (SSSR count). The van der Waals surface area contributed by atoms with Gasteiger partial charge in [-0.05, 0) is 31.0 Å². The summed E-state index contributed by atoms with van der Waals surface area (Å²) in [4.78, 5) is 24.9. The van der Waals surface area contributed by atoms with Crippen LogP contribution in [0.5, 0.6) is 0 Å². The van der Waals surface area contributed by atoms with Crippen molar-refractivity contribution in [1.82, 2.24) is 0 Å². The van der Waals surface area contributed by atoms with Crippen molar-refractivity contribution >= 4 is 23.3 Å². The summed E-state index contributed by atoms with van der Waals surface area (Å²) in [6, 6.07) is 3.49. The van der Waals surface area contributed by atoms with E-state index in [0.29, 0.717) is 17.8 Å². The second-order valence-corrected chi connectivity index (χ2v) is 4.96. The van der Waals surface area contributed by atoms with Crippen molar-refractivity contribution in [3.05, 3.63) is 23.3 Å². The van der Waals surface area contributed by atoms with E-state index in [1.807, 2.05) is 17.9 Å². The quantitative estimate of drug-likeness (QED) is 0.585. The van der Waals surface area contributed by atoms with Crippen LogP contribution >= 0.6 is 0 Å². The normalized spacial score (nSPS) is 10.2. The number of aryl methyl sites for hydroxylation is 1. The number of benzene rings is 1. The summed E-state index contributed by atoms with van der Waals surface area (Å²) in [5.41, 5.74) is 13.4. The fraction of sp³-hybridized carbons (Fsp3) is 0.467. The SMILES string of the molecule is CCCCN(CC(N)=O)c1cc(C)c(N)c(C(=O)OC)c1. The summed E-state index contributed by atoms with van der Waals surface area (Å²) in [5, 5.41) is 0. The van der Waals surface area contributed by atoms with Crippen molar-refractivity contribution < 1.29 is 14.3 Å². The number of hydrogen-bond donors (Lipinski definition) is 2. The number of methoxy groups -OCH3 is 1. The first-order valence-electron chi connectivity index (χ1n) is 6.92. The maximum atomic E-state index is 11.8. The van der Waals surface area contributed by atoms with Gasteiger partial charge in [-0.2, -0.15) is 0 Å². The average Bonchev–Trinajstić information content (AvgIpc) is 2.45. The molecule has 1 amide bonds. The zero-order chi connectivity index (χ0) is 16.0. The molecule has 1 aromatic rings. The van der Waals surface area contributed by atoms with Gasteiger partial charge in [0.15, 0.2) is 0 Å². The smallest absolute Gasteiger partial charge is 0.340 e. The summed E-state index contributed by atoms with van der Waals surface area (Å²) in [6.45, 7) is 4.66. The molecular weight excluding hydrogens is 270 g/mol. The molecule has 116 valence electrons. The lowest BCUT2D eigenvalue weighted by Crippen LogP contribution is -2.34. The Hall–Kier alpha value is -2.24. The van der Waals surface area contributed by atoms with Gasteiger partial charge in [0.25, 0.3) is 0 Å². The predicted octanol–water partition coefficient (Wildman–Crippen LogP) is 1.46. The molecule has 0 atom stereocenters. The number of nitrogens with two attached hydrogens (primary N) is 2. The van der Waals surface area contributed by atoms with Gasteiger partial charge in [0.05, 0.1) is 19.2 Å². The number of unbranched alkanes of at least 4 members (excludes halogenated alkanes) is 1. The van der Waals surface area contributed by atoms with Gasteiger partial charge in [-0.25, -0.2) is 4.79 Å². The second-order valence-electron chi connectivity index (χ2n) is 4.96. The van der Waals surface area contributed by atoms with E-state index in [0.717, 1.165) is 24.1 Å². The lowest BCUT2D eigenvalue weighted by atomic mass is 10.1. The van der Waals surface area contributed by atoms with Gasteiger partial charge in [0.2, 0.25) is 5.91 Å². The summed E-state index contributed by atoms with van der Waals surface area (Å²) >= 11 is 0. The van der Waals surface area contributed by atoms with E-state index in [1.54, 1.807) is 6.07 Å². The molecular formula is C15H23N3O3. The number of ether oxygens (including phenoxy) is 1. The van der Waals surface area contributed by atoms with Crippen LogP contribution < -0.4 is 16.4 Å². The molecule has 4 N–H and O–H groups in total.